The quantitative estimate of drug-likeness (QED) is 0.188. The van der Waals surface area contributed by atoms with E-state index in [4.69, 9.17) is 4.84 Å². The molecule has 2 aliphatic heterocycles. The van der Waals surface area contributed by atoms with E-state index in [9.17, 15) is 14.7 Å². The van der Waals surface area contributed by atoms with E-state index >= 15 is 0 Å². The second kappa shape index (κ2) is 9.02. The highest BCUT2D eigenvalue weighted by molar-refractivity contribution is 9.10. The molecule has 4 aromatic rings. The van der Waals surface area contributed by atoms with Gasteiger partial charge in [0.05, 0.1) is 34.5 Å². The Labute approximate surface area is 214 Å². The molecule has 0 spiro atoms. The van der Waals surface area contributed by atoms with Crippen molar-refractivity contribution in [3.63, 3.8) is 0 Å². The molecule has 0 saturated carbocycles. The van der Waals surface area contributed by atoms with Crippen molar-refractivity contribution in [1.29, 1.82) is 0 Å². The number of amides is 2. The van der Waals surface area contributed by atoms with E-state index in [2.05, 4.69) is 31.4 Å². The normalized spacial score (nSPS) is 16.4. The average molecular weight is 545 g/mol. The molecule has 1 atom stereocenters. The lowest BCUT2D eigenvalue weighted by atomic mass is 10.1. The van der Waals surface area contributed by atoms with Crippen LogP contribution in [0.25, 0.3) is 16.5 Å². The Kier molecular flexibility index (Phi) is 5.67. The third kappa shape index (κ3) is 3.72. The summed E-state index contributed by atoms with van der Waals surface area (Å²) in [6.07, 6.45) is -0.558. The Morgan fingerprint density at radius 1 is 1.03 bits per heavy atom. The summed E-state index contributed by atoms with van der Waals surface area (Å²) in [5.41, 5.74) is 6.82. The standard InChI is InChI=1S/C27H21BrN4O4/c28-15-10-11-21-19(14-15)22(25(33)30-21)24-23(18-8-3-4-9-20(18)29-24)31-36-13-5-12-32-26(34)16-6-1-2-7-17(16)27(32)35/h1-4,6-11,14,25,29,31,33H,5,12-13H2. The van der Waals surface area contributed by atoms with E-state index in [-0.39, 0.29) is 25.0 Å². The number of aromatic nitrogens is 1. The van der Waals surface area contributed by atoms with Crippen molar-refractivity contribution in [2.24, 2.45) is 4.99 Å². The van der Waals surface area contributed by atoms with Gasteiger partial charge in [-0.3, -0.25) is 24.8 Å². The molecule has 0 fully saturated rings. The van der Waals surface area contributed by atoms with Gasteiger partial charge in [0.2, 0.25) is 0 Å². The molecule has 1 aromatic heterocycles. The highest BCUT2D eigenvalue weighted by Crippen LogP contribution is 2.33. The highest BCUT2D eigenvalue weighted by Gasteiger charge is 2.34. The summed E-state index contributed by atoms with van der Waals surface area (Å²) in [7, 11) is 0. The van der Waals surface area contributed by atoms with Gasteiger partial charge < -0.3 is 10.1 Å². The number of imide groups is 1. The lowest BCUT2D eigenvalue weighted by Crippen LogP contribution is -2.31. The summed E-state index contributed by atoms with van der Waals surface area (Å²) >= 11 is 3.50. The average Bonchev–Trinajstić information content (AvgIpc) is 3.48. The summed E-state index contributed by atoms with van der Waals surface area (Å²) < 4.78 is 0.887. The number of aliphatic hydroxyl groups is 1. The summed E-state index contributed by atoms with van der Waals surface area (Å²) in [5, 5.41) is 13.2. The van der Waals surface area contributed by atoms with Crippen LogP contribution < -0.4 is 16.1 Å². The molecule has 0 saturated heterocycles. The molecule has 3 N–H and O–H groups in total. The van der Waals surface area contributed by atoms with Gasteiger partial charge in [-0.2, -0.15) is 0 Å². The molecule has 2 amide bonds. The molecule has 0 bridgehead atoms. The predicted molar refractivity (Wildman–Crippen MR) is 138 cm³/mol. The molecule has 9 heteroatoms. The number of aromatic amines is 1. The number of nitrogens with one attached hydrogen (secondary N) is 2. The number of hydrogen-bond acceptors (Lipinski definition) is 6. The van der Waals surface area contributed by atoms with E-state index in [0.717, 1.165) is 20.6 Å². The van der Waals surface area contributed by atoms with Gasteiger partial charge in [0, 0.05) is 32.7 Å². The minimum atomic E-state index is -1.02. The van der Waals surface area contributed by atoms with Crippen LogP contribution in [0, 0.1) is 0 Å². The summed E-state index contributed by atoms with van der Waals surface area (Å²) in [6, 6.07) is 20.3. The van der Waals surface area contributed by atoms with Gasteiger partial charge in [0.1, 0.15) is 0 Å². The van der Waals surface area contributed by atoms with Crippen LogP contribution in [0.2, 0.25) is 0 Å². The van der Waals surface area contributed by atoms with Gasteiger partial charge >= 0.3 is 0 Å². The first-order valence-corrected chi connectivity index (χ1v) is 12.3. The van der Waals surface area contributed by atoms with Crippen LogP contribution in [0.15, 0.2) is 76.2 Å². The number of benzene rings is 3. The number of aliphatic hydroxyl groups excluding tert-OH is 1. The van der Waals surface area contributed by atoms with Crippen LogP contribution in [-0.4, -0.2) is 46.2 Å². The van der Waals surface area contributed by atoms with E-state index < -0.39 is 6.23 Å². The number of carbonyl (C=O) groups excluding carboxylic acids is 2. The second-order valence-electron chi connectivity index (χ2n) is 8.61. The molecule has 0 aliphatic carbocycles. The summed E-state index contributed by atoms with van der Waals surface area (Å²) in [5.74, 6) is -0.551. The van der Waals surface area contributed by atoms with Crippen LogP contribution >= 0.6 is 15.9 Å². The van der Waals surface area contributed by atoms with Gasteiger partial charge in [0.25, 0.3) is 11.8 Å². The van der Waals surface area contributed by atoms with Crippen molar-refractivity contribution in [1.82, 2.24) is 9.88 Å². The minimum Gasteiger partial charge on any atom is -0.368 e. The third-order valence-electron chi connectivity index (χ3n) is 6.42. The molecular formula is C27H21BrN4O4. The third-order valence-corrected chi connectivity index (χ3v) is 6.92. The maximum atomic E-state index is 12.6. The van der Waals surface area contributed by atoms with Gasteiger partial charge in [-0.05, 0) is 42.8 Å². The molecule has 3 heterocycles. The van der Waals surface area contributed by atoms with Crippen LogP contribution in [0.5, 0.6) is 0 Å². The van der Waals surface area contributed by atoms with E-state index in [1.165, 1.54) is 4.90 Å². The monoisotopic (exact) mass is 544 g/mol. The number of hydrogen-bond donors (Lipinski definition) is 3. The van der Waals surface area contributed by atoms with Gasteiger partial charge in [-0.25, -0.2) is 4.99 Å². The molecule has 6 rings (SSSR count). The minimum absolute atomic E-state index is 0.255. The smallest absolute Gasteiger partial charge is 0.261 e. The first kappa shape index (κ1) is 22.7. The van der Waals surface area contributed by atoms with Crippen LogP contribution in [-0.2, 0) is 4.84 Å². The van der Waals surface area contributed by atoms with Crippen molar-refractivity contribution < 1.29 is 19.5 Å². The van der Waals surface area contributed by atoms with Crippen molar-refractivity contribution >= 4 is 49.9 Å². The molecule has 8 nitrogen and oxygen atoms in total. The Hall–Kier alpha value is -3.79. The Bertz CT molecular complexity index is 1630. The fourth-order valence-corrected chi connectivity index (χ4v) is 5.11. The van der Waals surface area contributed by atoms with Crippen LogP contribution in [0.3, 0.4) is 0 Å². The predicted octanol–water partition coefficient (Wildman–Crippen LogP) is 3.11. The zero-order chi connectivity index (χ0) is 24.8. The number of rotatable bonds is 7. The first-order chi connectivity index (χ1) is 17.5. The number of para-hydroxylation sites is 1. The van der Waals surface area contributed by atoms with Crippen LogP contribution in [0.1, 0.15) is 32.8 Å². The molecule has 1 unspecified atom stereocenters. The van der Waals surface area contributed by atoms with E-state index in [1.54, 1.807) is 24.3 Å². The SMILES string of the molecule is O=C1c2ccccc2C(=O)N1CCCONc1c(C2=c3cc(Br)ccc3=NC2O)[nH]c2ccccc12. The maximum absolute atomic E-state index is 12.6. The fourth-order valence-electron chi connectivity index (χ4n) is 4.75. The molecule has 0 radical (unpaired) electrons. The first-order valence-electron chi connectivity index (χ1n) is 11.5. The number of anilines is 1. The number of halogens is 1. The van der Waals surface area contributed by atoms with Gasteiger partial charge in [0.15, 0.2) is 6.23 Å². The zero-order valence-electron chi connectivity index (χ0n) is 19.0. The van der Waals surface area contributed by atoms with E-state index in [0.29, 0.717) is 39.9 Å². The largest absolute Gasteiger partial charge is 0.368 e. The van der Waals surface area contributed by atoms with Gasteiger partial charge in [-0.15, -0.1) is 0 Å². The number of carbonyl (C=O) groups is 2. The van der Waals surface area contributed by atoms with E-state index in [1.807, 2.05) is 42.5 Å². The molecule has 180 valence electrons. The molecule has 2 aliphatic rings. The lowest BCUT2D eigenvalue weighted by molar-refractivity contribution is 0.0638. The van der Waals surface area contributed by atoms with Crippen molar-refractivity contribution in [3.05, 3.63) is 98.6 Å². The number of nitrogens with zero attached hydrogens (tertiary/aromatic N) is 2. The number of H-pyrrole nitrogens is 1. The zero-order valence-corrected chi connectivity index (χ0v) is 20.6. The second-order valence-corrected chi connectivity index (χ2v) is 9.53. The fraction of sp³-hybridized carbons (Fsp3) is 0.148. The topological polar surface area (TPSA) is 107 Å². The Morgan fingerprint density at radius 3 is 2.53 bits per heavy atom. The Morgan fingerprint density at radius 2 is 1.75 bits per heavy atom. The van der Waals surface area contributed by atoms with Crippen molar-refractivity contribution in [2.75, 3.05) is 18.6 Å². The molecule has 36 heavy (non-hydrogen) atoms. The van der Waals surface area contributed by atoms with Crippen LogP contribution in [0.4, 0.5) is 5.69 Å². The summed E-state index contributed by atoms with van der Waals surface area (Å²) in [6.45, 7) is 0.516. The lowest BCUT2D eigenvalue weighted by Gasteiger charge is -2.15. The van der Waals surface area contributed by atoms with Crippen molar-refractivity contribution in [2.45, 2.75) is 12.6 Å². The Balaban J connectivity index is 1.22. The molecular weight excluding hydrogens is 524 g/mol. The summed E-state index contributed by atoms with van der Waals surface area (Å²) in [4.78, 5) is 39.9. The van der Waals surface area contributed by atoms with Gasteiger partial charge in [-0.1, -0.05) is 46.3 Å². The maximum Gasteiger partial charge on any atom is 0.261 e. The number of fused-ring (bicyclic) bond motifs is 3. The van der Waals surface area contributed by atoms with Crippen molar-refractivity contribution in [3.8, 4) is 0 Å². The highest BCUT2D eigenvalue weighted by atomic mass is 79.9. The molecule has 3 aromatic carbocycles.